The van der Waals surface area contributed by atoms with E-state index in [2.05, 4.69) is 34.4 Å². The number of aliphatic hydroxyl groups excluding tert-OH is 1. The number of carbonyl (C=O) groups excluding carboxylic acids is 4. The lowest BCUT2D eigenvalue weighted by Gasteiger charge is -2.38. The van der Waals surface area contributed by atoms with Gasteiger partial charge in [-0.05, 0) is 31.7 Å². The van der Waals surface area contributed by atoms with Crippen LogP contribution in [0.3, 0.4) is 0 Å². The molecule has 1 spiro atoms. The lowest BCUT2D eigenvalue weighted by atomic mass is 9.70. The van der Waals surface area contributed by atoms with Crippen LogP contribution in [-0.4, -0.2) is 93.5 Å². The molecular formula is C33H44BrN3O7. The van der Waals surface area contributed by atoms with Gasteiger partial charge in [0.25, 0.3) is 0 Å². The van der Waals surface area contributed by atoms with E-state index >= 15 is 0 Å². The van der Waals surface area contributed by atoms with Crippen LogP contribution < -0.4 is 5.32 Å². The van der Waals surface area contributed by atoms with Crippen LogP contribution in [0, 0.1) is 11.8 Å². The molecule has 0 aliphatic carbocycles. The fourth-order valence-corrected chi connectivity index (χ4v) is 7.73. The minimum atomic E-state index is -1.27. The smallest absolute Gasteiger partial charge is 0.313 e. The van der Waals surface area contributed by atoms with Gasteiger partial charge in [0.1, 0.15) is 17.7 Å². The quantitative estimate of drug-likeness (QED) is 0.157. The minimum absolute atomic E-state index is 0.0498. The van der Waals surface area contributed by atoms with E-state index in [4.69, 9.17) is 9.47 Å². The first-order valence-electron chi connectivity index (χ1n) is 15.4. The van der Waals surface area contributed by atoms with E-state index in [1.807, 2.05) is 37.3 Å². The number of ether oxygens (including phenoxy) is 2. The Labute approximate surface area is 267 Å². The number of halogens is 1. The largest absolute Gasteiger partial charge is 0.455 e. The summed E-state index contributed by atoms with van der Waals surface area (Å²) in [6, 6.07) is 7.40. The van der Waals surface area contributed by atoms with Crippen molar-refractivity contribution >= 4 is 39.6 Å². The van der Waals surface area contributed by atoms with Gasteiger partial charge in [-0.1, -0.05) is 71.8 Å². The van der Waals surface area contributed by atoms with Crippen LogP contribution in [0.4, 0.5) is 0 Å². The fourth-order valence-electron chi connectivity index (χ4n) is 6.79. The highest BCUT2D eigenvalue weighted by Crippen LogP contribution is 2.60. The van der Waals surface area contributed by atoms with Gasteiger partial charge in [-0.15, -0.1) is 13.2 Å². The van der Waals surface area contributed by atoms with E-state index in [9.17, 15) is 24.3 Å². The average molecular weight is 675 g/mol. The summed E-state index contributed by atoms with van der Waals surface area (Å²) in [6.45, 7) is 11.7. The van der Waals surface area contributed by atoms with Crippen LogP contribution in [0.15, 0.2) is 55.6 Å². The van der Waals surface area contributed by atoms with E-state index in [1.165, 1.54) is 4.90 Å². The molecule has 3 heterocycles. The SMILES string of the molecule is C=CCCC(=O)NC[C@@H](OC(=O)[C@@H]1[C@H]2O[C@@]3(CC2Br)[C@H](C(=O)N(CC=C)CCCC)N([C@H](C)CO)C(=O)[C@@H]13)c1ccccc1. The number of carbonyl (C=O) groups is 4. The molecule has 8 atom stereocenters. The van der Waals surface area contributed by atoms with Crippen molar-refractivity contribution in [2.24, 2.45) is 11.8 Å². The topological polar surface area (TPSA) is 125 Å². The number of benzene rings is 1. The number of aliphatic hydroxyl groups is 1. The van der Waals surface area contributed by atoms with Gasteiger partial charge in [-0.25, -0.2) is 0 Å². The first kappa shape index (κ1) is 33.9. The maximum Gasteiger partial charge on any atom is 0.313 e. The lowest BCUT2D eigenvalue weighted by Crippen LogP contribution is -2.58. The summed E-state index contributed by atoms with van der Waals surface area (Å²) in [5, 5.41) is 13.0. The van der Waals surface area contributed by atoms with Crippen LogP contribution in [0.25, 0.3) is 0 Å². The van der Waals surface area contributed by atoms with Gasteiger partial charge in [0.15, 0.2) is 0 Å². The highest BCUT2D eigenvalue weighted by atomic mass is 79.9. The van der Waals surface area contributed by atoms with E-state index < -0.39 is 53.6 Å². The van der Waals surface area contributed by atoms with Crippen molar-refractivity contribution < 1.29 is 33.8 Å². The minimum Gasteiger partial charge on any atom is -0.455 e. The van der Waals surface area contributed by atoms with Crippen molar-refractivity contribution in [2.75, 3.05) is 26.2 Å². The molecule has 0 radical (unpaired) electrons. The third-order valence-electron chi connectivity index (χ3n) is 8.90. The number of allylic oxidation sites excluding steroid dienone is 1. The molecule has 240 valence electrons. The molecule has 3 aliphatic rings. The van der Waals surface area contributed by atoms with Gasteiger partial charge in [-0.2, -0.15) is 0 Å². The second-order valence-corrected chi connectivity index (χ2v) is 13.0. The number of nitrogens with one attached hydrogen (secondary N) is 1. The van der Waals surface area contributed by atoms with Crippen molar-refractivity contribution in [3.05, 3.63) is 61.2 Å². The number of esters is 1. The molecule has 0 saturated carbocycles. The first-order valence-corrected chi connectivity index (χ1v) is 16.3. The number of nitrogens with zero attached hydrogens (tertiary/aromatic N) is 2. The van der Waals surface area contributed by atoms with Crippen molar-refractivity contribution in [1.29, 1.82) is 0 Å². The molecule has 3 saturated heterocycles. The van der Waals surface area contributed by atoms with E-state index in [0.717, 1.165) is 12.8 Å². The van der Waals surface area contributed by atoms with Gasteiger partial charge < -0.3 is 29.7 Å². The number of rotatable bonds is 16. The molecular weight excluding hydrogens is 630 g/mol. The zero-order valence-electron chi connectivity index (χ0n) is 25.5. The second kappa shape index (κ2) is 14.8. The van der Waals surface area contributed by atoms with Crippen LogP contribution in [-0.2, 0) is 28.7 Å². The summed E-state index contributed by atoms with van der Waals surface area (Å²) >= 11 is 3.68. The highest BCUT2D eigenvalue weighted by molar-refractivity contribution is 9.09. The molecule has 1 aromatic carbocycles. The molecule has 10 nitrogen and oxygen atoms in total. The van der Waals surface area contributed by atoms with Crippen LogP contribution >= 0.6 is 15.9 Å². The number of unbranched alkanes of at least 4 members (excludes halogenated alkanes) is 1. The first-order chi connectivity index (χ1) is 21.1. The second-order valence-electron chi connectivity index (χ2n) is 11.8. The number of fused-ring (bicyclic) bond motifs is 1. The highest BCUT2D eigenvalue weighted by Gasteiger charge is 2.77. The van der Waals surface area contributed by atoms with Crippen LogP contribution in [0.2, 0.25) is 0 Å². The van der Waals surface area contributed by atoms with Crippen molar-refractivity contribution in [2.45, 2.75) is 80.7 Å². The zero-order valence-corrected chi connectivity index (χ0v) is 27.1. The van der Waals surface area contributed by atoms with Crippen LogP contribution in [0.1, 0.15) is 57.6 Å². The maximum absolute atomic E-state index is 14.3. The van der Waals surface area contributed by atoms with Crippen LogP contribution in [0.5, 0.6) is 0 Å². The Hall–Kier alpha value is -3.02. The Morgan fingerprint density at radius 2 is 2.00 bits per heavy atom. The summed E-state index contributed by atoms with van der Waals surface area (Å²) in [5.41, 5.74) is -0.580. The summed E-state index contributed by atoms with van der Waals surface area (Å²) in [5.74, 6) is -3.47. The molecule has 44 heavy (non-hydrogen) atoms. The number of hydrogen-bond acceptors (Lipinski definition) is 7. The van der Waals surface area contributed by atoms with Crippen molar-refractivity contribution in [3.63, 3.8) is 0 Å². The van der Waals surface area contributed by atoms with E-state index in [-0.39, 0.29) is 36.2 Å². The molecule has 0 aromatic heterocycles. The van der Waals surface area contributed by atoms with Crippen molar-refractivity contribution in [3.8, 4) is 0 Å². The van der Waals surface area contributed by atoms with Gasteiger partial charge >= 0.3 is 5.97 Å². The zero-order chi connectivity index (χ0) is 32.0. The molecule has 1 aromatic rings. The number of alkyl halides is 1. The van der Waals surface area contributed by atoms with E-state index in [1.54, 1.807) is 24.0 Å². The predicted octanol–water partition coefficient (Wildman–Crippen LogP) is 3.30. The Morgan fingerprint density at radius 1 is 1.27 bits per heavy atom. The molecule has 1 unspecified atom stereocenters. The Balaban J connectivity index is 1.66. The third-order valence-corrected chi connectivity index (χ3v) is 9.75. The van der Waals surface area contributed by atoms with Gasteiger partial charge in [0.05, 0.1) is 37.1 Å². The lowest BCUT2D eigenvalue weighted by molar-refractivity contribution is -0.161. The molecule has 4 rings (SSSR count). The summed E-state index contributed by atoms with van der Waals surface area (Å²) in [4.78, 5) is 57.7. The molecule has 11 heteroatoms. The van der Waals surface area contributed by atoms with Gasteiger partial charge in [0, 0.05) is 24.3 Å². The number of amides is 3. The maximum atomic E-state index is 14.3. The molecule has 3 aliphatic heterocycles. The summed E-state index contributed by atoms with van der Waals surface area (Å²) < 4.78 is 12.7. The number of likely N-dealkylation sites (tertiary alicyclic amines) is 1. The Bertz CT molecular complexity index is 1230. The average Bonchev–Trinajstić information content (AvgIpc) is 3.62. The van der Waals surface area contributed by atoms with Gasteiger partial charge in [-0.3, -0.25) is 19.2 Å². The molecule has 3 fully saturated rings. The van der Waals surface area contributed by atoms with Gasteiger partial charge in [0.2, 0.25) is 17.7 Å². The summed E-state index contributed by atoms with van der Waals surface area (Å²) in [7, 11) is 0. The Morgan fingerprint density at radius 3 is 2.64 bits per heavy atom. The predicted molar refractivity (Wildman–Crippen MR) is 168 cm³/mol. The standard InChI is InChI=1S/C33H44BrN3O7/c1-5-8-15-25(39)35-19-24(22-13-11-10-12-14-22)43-32(42)26-27-30(40)37(21(4)20-38)29(33(27)18-23(34)28(26)44-33)31(41)36(16-7-3)17-9-6-2/h5,7,10-14,21,23-24,26-29,38H,1,3,6,8-9,15-20H2,2,4H3,(H,35,39)/t21-,23?,24-,26+,27-,28+,29+,33-/m1/s1. The normalized spacial score (nSPS) is 28.2. The Kier molecular flexibility index (Phi) is 11.4. The van der Waals surface area contributed by atoms with E-state index in [0.29, 0.717) is 31.5 Å². The third kappa shape index (κ3) is 6.50. The van der Waals surface area contributed by atoms with Crippen molar-refractivity contribution in [1.82, 2.24) is 15.1 Å². The molecule has 2 N–H and O–H groups in total. The fraction of sp³-hybridized carbons (Fsp3) is 0.576. The summed E-state index contributed by atoms with van der Waals surface area (Å²) in [6.07, 6.45) is 4.59. The molecule has 3 amide bonds. The monoisotopic (exact) mass is 673 g/mol. The number of hydrogen-bond donors (Lipinski definition) is 2. The molecule has 2 bridgehead atoms.